The van der Waals surface area contributed by atoms with E-state index in [-0.39, 0.29) is 12.3 Å². The van der Waals surface area contributed by atoms with Crippen LogP contribution in [0.25, 0.3) is 0 Å². The van der Waals surface area contributed by atoms with Crippen molar-refractivity contribution in [3.8, 4) is 0 Å². The zero-order valence-corrected chi connectivity index (χ0v) is 13.1. The molecule has 0 N–H and O–H groups in total. The van der Waals surface area contributed by atoms with Crippen LogP contribution < -0.4 is 5.01 Å². The molecule has 0 aromatic heterocycles. The molecule has 0 spiro atoms. The molecule has 0 saturated heterocycles. The molecule has 19 heavy (non-hydrogen) atoms. The number of benzene rings is 1. The van der Waals surface area contributed by atoms with Crippen LogP contribution in [0.1, 0.15) is 6.92 Å². The molecule has 0 bridgehead atoms. The molecule has 7 heteroatoms. The number of hydrogen-bond acceptors (Lipinski definition) is 4. The number of hydrazone groups is 1. The molecule has 1 heterocycles. The van der Waals surface area contributed by atoms with Gasteiger partial charge in [-0.3, -0.25) is 4.79 Å². The summed E-state index contributed by atoms with van der Waals surface area (Å²) in [7, 11) is 0. The topological polar surface area (TPSA) is 59.0 Å². The number of para-hydroxylation sites is 1. The monoisotopic (exact) mass is 388 g/mol. The molecule has 0 radical (unpaired) electrons. The van der Waals surface area contributed by atoms with Crippen LogP contribution in [0.5, 0.6) is 0 Å². The summed E-state index contributed by atoms with van der Waals surface area (Å²) in [6.45, 7) is 1.90. The first-order chi connectivity index (χ1) is 8.98. The third-order valence-electron chi connectivity index (χ3n) is 2.43. The van der Waals surface area contributed by atoms with Crippen molar-refractivity contribution in [3.05, 3.63) is 30.3 Å². The average molecular weight is 390 g/mol. The quantitative estimate of drug-likeness (QED) is 0.589. The van der Waals surface area contributed by atoms with Crippen LogP contribution in [0.3, 0.4) is 0 Å². The van der Waals surface area contributed by atoms with E-state index in [9.17, 15) is 9.59 Å². The van der Waals surface area contributed by atoms with Gasteiger partial charge in [0.15, 0.2) is 5.71 Å². The Balaban J connectivity index is 2.38. The number of nitrogens with zero attached hydrogens (tertiary/aromatic N) is 2. The second-order valence-corrected chi connectivity index (χ2v) is 7.14. The summed E-state index contributed by atoms with van der Waals surface area (Å²) < 4.78 is 3.54. The van der Waals surface area contributed by atoms with Crippen LogP contribution in [-0.4, -0.2) is 27.4 Å². The highest BCUT2D eigenvalue weighted by atomic mass is 79.9. The minimum absolute atomic E-state index is 0.0248. The fourth-order valence-corrected chi connectivity index (χ4v) is 2.37. The molecule has 100 valence electrons. The van der Waals surface area contributed by atoms with Crippen molar-refractivity contribution in [2.45, 2.75) is 10.2 Å². The molecule has 1 aliphatic rings. The van der Waals surface area contributed by atoms with E-state index in [0.717, 1.165) is 5.01 Å². The largest absolute Gasteiger partial charge is 0.461 e. The molecule has 2 rings (SSSR count). The first kappa shape index (κ1) is 14.2. The van der Waals surface area contributed by atoms with Crippen LogP contribution in [0.2, 0.25) is 0 Å². The molecule has 0 aliphatic carbocycles. The maximum atomic E-state index is 12.3. The smallest absolute Gasteiger partial charge is 0.357 e. The number of halogens is 2. The van der Waals surface area contributed by atoms with Crippen molar-refractivity contribution in [3.63, 3.8) is 0 Å². The molecule has 0 saturated carbocycles. The van der Waals surface area contributed by atoms with Gasteiger partial charge in [0.2, 0.25) is 3.23 Å². The van der Waals surface area contributed by atoms with Gasteiger partial charge in [-0.2, -0.15) is 10.1 Å². The van der Waals surface area contributed by atoms with Crippen LogP contribution >= 0.6 is 31.9 Å². The maximum Gasteiger partial charge on any atom is 0.357 e. The Labute approximate surface area is 126 Å². The number of carbonyl (C=O) groups is 2. The van der Waals surface area contributed by atoms with Gasteiger partial charge in [-0.1, -0.05) is 50.1 Å². The van der Waals surface area contributed by atoms with Gasteiger partial charge < -0.3 is 4.74 Å². The van der Waals surface area contributed by atoms with Crippen LogP contribution in [-0.2, 0) is 14.3 Å². The summed E-state index contributed by atoms with van der Waals surface area (Å²) in [5.41, 5.74) is 0.554. The number of alkyl halides is 2. The van der Waals surface area contributed by atoms with Gasteiger partial charge in [-0.05, 0) is 19.1 Å². The summed E-state index contributed by atoms with van der Waals surface area (Å²) in [6, 6.07) is 8.85. The Morgan fingerprint density at radius 1 is 1.37 bits per heavy atom. The van der Waals surface area contributed by atoms with E-state index in [2.05, 4.69) is 37.0 Å². The number of amides is 1. The van der Waals surface area contributed by atoms with Gasteiger partial charge in [-0.25, -0.2) is 4.79 Å². The summed E-state index contributed by atoms with van der Waals surface area (Å²) in [5, 5.41) is 5.21. The highest BCUT2D eigenvalue weighted by Crippen LogP contribution is 2.38. The molecule has 1 amide bonds. The standard InChI is InChI=1S/C12H10Br2N2O3/c1-2-19-10(17)9-12(13,14)11(18)16(15-9)8-6-4-3-5-7-8/h3-7H,2H2,1H3. The normalized spacial score (nSPS) is 17.3. The van der Waals surface area contributed by atoms with E-state index in [1.165, 1.54) is 0 Å². The lowest BCUT2D eigenvalue weighted by molar-refractivity contribution is -0.135. The van der Waals surface area contributed by atoms with Crippen LogP contribution in [0.15, 0.2) is 35.4 Å². The molecule has 1 aliphatic heterocycles. The Hall–Kier alpha value is -1.21. The first-order valence-corrected chi connectivity index (χ1v) is 7.10. The fourth-order valence-electron chi connectivity index (χ4n) is 1.56. The van der Waals surface area contributed by atoms with Gasteiger partial charge >= 0.3 is 5.97 Å². The molecule has 0 atom stereocenters. The Kier molecular flexibility index (Phi) is 4.05. The highest BCUT2D eigenvalue weighted by molar-refractivity contribution is 9.26. The number of esters is 1. The second kappa shape index (κ2) is 5.42. The van der Waals surface area contributed by atoms with E-state index < -0.39 is 15.1 Å². The Morgan fingerprint density at radius 3 is 2.58 bits per heavy atom. The number of rotatable bonds is 3. The minimum atomic E-state index is -1.35. The summed E-state index contributed by atoms with van der Waals surface area (Å²) in [4.78, 5) is 24.0. The third-order valence-corrected chi connectivity index (χ3v) is 3.86. The molecular formula is C12H10Br2N2O3. The fraction of sp³-hybridized carbons (Fsp3) is 0.250. The van der Waals surface area contributed by atoms with Crippen molar-refractivity contribution >= 4 is 55.1 Å². The summed E-state index contributed by atoms with van der Waals surface area (Å²) in [6.07, 6.45) is 0. The van der Waals surface area contributed by atoms with Gasteiger partial charge in [0.25, 0.3) is 5.91 Å². The average Bonchev–Trinajstić information content (AvgIpc) is 2.63. The minimum Gasteiger partial charge on any atom is -0.461 e. The molecule has 1 aromatic rings. The molecular weight excluding hydrogens is 380 g/mol. The molecule has 0 fully saturated rings. The number of hydrogen-bond donors (Lipinski definition) is 0. The SMILES string of the molecule is CCOC(=O)C1=NN(c2ccccc2)C(=O)C1(Br)Br. The molecule has 1 aromatic carbocycles. The van der Waals surface area contributed by atoms with Gasteiger partial charge in [0.05, 0.1) is 12.3 Å². The van der Waals surface area contributed by atoms with E-state index in [1.54, 1.807) is 31.2 Å². The van der Waals surface area contributed by atoms with Crippen molar-refractivity contribution in [1.29, 1.82) is 0 Å². The summed E-state index contributed by atoms with van der Waals surface area (Å²) in [5.74, 6) is -1.04. The predicted molar refractivity (Wildman–Crippen MR) is 78.6 cm³/mol. The zero-order chi connectivity index (χ0) is 14.0. The van der Waals surface area contributed by atoms with Crippen molar-refractivity contribution < 1.29 is 14.3 Å². The van der Waals surface area contributed by atoms with Gasteiger partial charge in [-0.15, -0.1) is 0 Å². The Bertz CT molecular complexity index is 543. The predicted octanol–water partition coefficient (Wildman–Crippen LogP) is 2.44. The van der Waals surface area contributed by atoms with Gasteiger partial charge in [0, 0.05) is 0 Å². The van der Waals surface area contributed by atoms with E-state index in [4.69, 9.17) is 4.74 Å². The van der Waals surface area contributed by atoms with Crippen LogP contribution in [0, 0.1) is 0 Å². The van der Waals surface area contributed by atoms with Crippen LogP contribution in [0.4, 0.5) is 5.69 Å². The third kappa shape index (κ3) is 2.57. The highest BCUT2D eigenvalue weighted by Gasteiger charge is 2.51. The van der Waals surface area contributed by atoms with Crippen molar-refractivity contribution in [2.75, 3.05) is 11.6 Å². The van der Waals surface area contributed by atoms with E-state index in [0.29, 0.717) is 5.69 Å². The van der Waals surface area contributed by atoms with E-state index in [1.807, 2.05) is 6.07 Å². The van der Waals surface area contributed by atoms with Crippen molar-refractivity contribution in [1.82, 2.24) is 0 Å². The van der Waals surface area contributed by atoms with Crippen molar-refractivity contribution in [2.24, 2.45) is 5.10 Å². The Morgan fingerprint density at radius 2 is 2.00 bits per heavy atom. The first-order valence-electron chi connectivity index (χ1n) is 5.52. The lowest BCUT2D eigenvalue weighted by atomic mass is 10.2. The van der Waals surface area contributed by atoms with Gasteiger partial charge in [0.1, 0.15) is 0 Å². The lowest BCUT2D eigenvalue weighted by Crippen LogP contribution is -2.39. The second-order valence-electron chi connectivity index (χ2n) is 3.70. The number of carbonyl (C=O) groups excluding carboxylic acids is 2. The van der Waals surface area contributed by atoms with E-state index >= 15 is 0 Å². The maximum absolute atomic E-state index is 12.3. The zero-order valence-electron chi connectivity index (χ0n) is 9.97. The summed E-state index contributed by atoms with van der Waals surface area (Å²) >= 11 is 6.35. The lowest BCUT2D eigenvalue weighted by Gasteiger charge is -2.15. The number of ether oxygens (including phenoxy) is 1. The number of anilines is 1. The molecule has 0 unspecified atom stereocenters. The molecule has 5 nitrogen and oxygen atoms in total.